The molecule has 2 aromatic heterocycles. The first kappa shape index (κ1) is 21.2. The van der Waals surface area contributed by atoms with Gasteiger partial charge < -0.3 is 4.57 Å². The molecular weight excluding hydrogens is 405 g/mol. The number of carbonyl (C=O) groups is 1. The number of anilines is 1. The number of aromatic nitrogens is 4. The summed E-state index contributed by atoms with van der Waals surface area (Å²) in [6.45, 7) is 1.92. The van der Waals surface area contributed by atoms with Crippen LogP contribution in [0.5, 0.6) is 0 Å². The first-order valence-corrected chi connectivity index (χ1v) is 9.55. The zero-order valence-electron chi connectivity index (χ0n) is 16.8. The van der Waals surface area contributed by atoms with E-state index in [2.05, 4.69) is 20.3 Å². The normalized spacial score (nSPS) is 11.1. The Hall–Kier alpha value is -2.99. The Morgan fingerprint density at radius 2 is 1.74 bits per heavy atom. The number of benzene rings is 2. The highest BCUT2D eigenvalue weighted by molar-refractivity contribution is 6.66. The van der Waals surface area contributed by atoms with Crippen molar-refractivity contribution in [1.29, 1.82) is 0 Å². The van der Waals surface area contributed by atoms with Gasteiger partial charge >= 0.3 is 0 Å². The summed E-state index contributed by atoms with van der Waals surface area (Å²) in [5, 5.41) is 3.30. The molecule has 0 saturated carbocycles. The van der Waals surface area contributed by atoms with Crippen LogP contribution in [0.3, 0.4) is 0 Å². The van der Waals surface area contributed by atoms with Crippen LogP contribution >= 0.6 is 11.6 Å². The van der Waals surface area contributed by atoms with E-state index in [1.54, 1.807) is 12.4 Å². The van der Waals surface area contributed by atoms with Crippen LogP contribution in [-0.4, -0.2) is 56.8 Å². The van der Waals surface area contributed by atoms with Crippen molar-refractivity contribution in [3.05, 3.63) is 47.0 Å². The maximum absolute atomic E-state index is 12.8. The summed E-state index contributed by atoms with van der Waals surface area (Å²) in [4.78, 5) is 25.8. The minimum Gasteiger partial charge on any atom is -0.331 e. The van der Waals surface area contributed by atoms with Crippen LogP contribution < -0.4 is 27.2 Å². The number of aryl methyl sites for hydroxylation is 1. The molecule has 8 radical (unpaired) electrons. The monoisotopic (exact) mass is 417 g/mol. The first-order chi connectivity index (χ1) is 14.7. The summed E-state index contributed by atoms with van der Waals surface area (Å²) in [5.74, 6) is 0.307. The van der Waals surface area contributed by atoms with Crippen LogP contribution in [0, 0.1) is 6.92 Å². The van der Waals surface area contributed by atoms with E-state index in [-0.39, 0.29) is 38.4 Å². The smallest absolute Gasteiger partial charge is 0.258 e. The van der Waals surface area contributed by atoms with Crippen molar-refractivity contribution in [2.45, 2.75) is 6.92 Å². The van der Waals surface area contributed by atoms with Gasteiger partial charge in [-0.1, -0.05) is 34.7 Å². The van der Waals surface area contributed by atoms with Crippen molar-refractivity contribution < 1.29 is 4.79 Å². The van der Waals surface area contributed by atoms with Gasteiger partial charge in [-0.25, -0.2) is 15.0 Å². The van der Waals surface area contributed by atoms with Crippen molar-refractivity contribution in [3.8, 4) is 11.3 Å². The topological polar surface area (TPSA) is 72.7 Å². The van der Waals surface area contributed by atoms with Crippen molar-refractivity contribution in [2.75, 3.05) is 5.32 Å². The second-order valence-corrected chi connectivity index (χ2v) is 7.39. The highest BCUT2D eigenvalue weighted by Crippen LogP contribution is 2.24. The molecule has 0 aliphatic carbocycles. The van der Waals surface area contributed by atoms with Crippen molar-refractivity contribution >= 4 is 87.6 Å². The third-order valence-corrected chi connectivity index (χ3v) is 5.54. The number of halogens is 1. The predicted molar refractivity (Wildman–Crippen MR) is 127 cm³/mol. The van der Waals surface area contributed by atoms with Gasteiger partial charge in [0.15, 0.2) is 0 Å². The molecule has 2 heterocycles. The maximum atomic E-state index is 12.8. The van der Waals surface area contributed by atoms with Gasteiger partial charge in [0.05, 0.1) is 23.0 Å². The average Bonchev–Trinajstić information content (AvgIpc) is 3.09. The van der Waals surface area contributed by atoms with Gasteiger partial charge in [0, 0.05) is 29.2 Å². The molecule has 4 rings (SSSR count). The fourth-order valence-electron chi connectivity index (χ4n) is 3.20. The van der Waals surface area contributed by atoms with Crippen LogP contribution in [0.4, 0.5) is 5.95 Å². The quantitative estimate of drug-likeness (QED) is 0.453. The Bertz CT molecular complexity index is 1340. The molecule has 142 valence electrons. The van der Waals surface area contributed by atoms with E-state index in [1.165, 1.54) is 0 Å². The fourth-order valence-corrected chi connectivity index (χ4v) is 3.48. The lowest BCUT2D eigenvalue weighted by Crippen LogP contribution is -2.50. The molecule has 0 aliphatic rings. The number of nitrogens with zero attached hydrogens (tertiary/aromatic N) is 4. The summed E-state index contributed by atoms with van der Waals surface area (Å²) in [5.41, 5.74) is 2.35. The lowest BCUT2D eigenvalue weighted by molar-refractivity contribution is 0.102. The Balaban J connectivity index is 1.71. The van der Waals surface area contributed by atoms with Crippen molar-refractivity contribution in [2.24, 2.45) is 7.05 Å². The largest absolute Gasteiger partial charge is 0.331 e. The molecule has 2 aromatic carbocycles. The average molecular weight is 417 g/mol. The predicted octanol–water partition coefficient (Wildman–Crippen LogP) is -0.580. The highest BCUT2D eigenvalue weighted by Gasteiger charge is 2.19. The number of hydrogen-bond acceptors (Lipinski definition) is 4. The van der Waals surface area contributed by atoms with Crippen LogP contribution in [0.25, 0.3) is 22.2 Å². The molecule has 6 nitrogen and oxygen atoms in total. The van der Waals surface area contributed by atoms with E-state index in [4.69, 9.17) is 43.0 Å². The van der Waals surface area contributed by atoms with E-state index in [0.29, 0.717) is 5.52 Å². The van der Waals surface area contributed by atoms with Crippen LogP contribution in [0.2, 0.25) is 5.02 Å². The number of fused-ring (bicyclic) bond motifs is 1. The van der Waals surface area contributed by atoms with Crippen LogP contribution in [0.15, 0.2) is 30.6 Å². The van der Waals surface area contributed by atoms with Gasteiger partial charge in [-0.15, -0.1) is 10.9 Å². The van der Waals surface area contributed by atoms with Gasteiger partial charge in [-0.05, 0) is 13.0 Å². The van der Waals surface area contributed by atoms with E-state index in [0.717, 1.165) is 22.5 Å². The highest BCUT2D eigenvalue weighted by atomic mass is 35.5. The van der Waals surface area contributed by atoms with E-state index in [1.807, 2.05) is 36.7 Å². The number of nitrogens with one attached hydrogen (secondary N) is 1. The third kappa shape index (κ3) is 3.65. The van der Waals surface area contributed by atoms with Gasteiger partial charge in [0.25, 0.3) is 5.91 Å². The molecule has 0 spiro atoms. The molecular formula is C20H12B4ClN5O. The number of amides is 1. The molecule has 0 atom stereocenters. The Labute approximate surface area is 189 Å². The molecule has 11 heteroatoms. The van der Waals surface area contributed by atoms with Gasteiger partial charge in [-0.3, -0.25) is 10.1 Å². The minimum atomic E-state index is -0.654. The Kier molecular flexibility index (Phi) is 5.43. The second-order valence-electron chi connectivity index (χ2n) is 7.01. The van der Waals surface area contributed by atoms with E-state index in [9.17, 15) is 4.79 Å². The Morgan fingerprint density at radius 1 is 1.03 bits per heavy atom. The Morgan fingerprint density at radius 3 is 2.42 bits per heavy atom. The lowest BCUT2D eigenvalue weighted by Gasteiger charge is -2.18. The van der Waals surface area contributed by atoms with Gasteiger partial charge in [0.2, 0.25) is 5.95 Å². The third-order valence-electron chi connectivity index (χ3n) is 5.15. The van der Waals surface area contributed by atoms with E-state index < -0.39 is 5.91 Å². The summed E-state index contributed by atoms with van der Waals surface area (Å²) in [7, 11) is 25.3. The zero-order chi connectivity index (χ0) is 22.4. The minimum absolute atomic E-state index is 0.0115. The first-order valence-electron chi connectivity index (χ1n) is 9.17. The number of hydrogen-bond donors (Lipinski definition) is 1. The molecule has 0 unspecified atom stereocenters. The second kappa shape index (κ2) is 7.93. The SMILES string of the molecule is [B]c1c([B])c([B])c(C(=O)Nc2ncc3ccc(-c4cnc(C)n4C)cc3n2)c(Cl)c1[B]. The van der Waals surface area contributed by atoms with Crippen LogP contribution in [-0.2, 0) is 7.05 Å². The van der Waals surface area contributed by atoms with Crippen molar-refractivity contribution in [3.63, 3.8) is 0 Å². The van der Waals surface area contributed by atoms with E-state index >= 15 is 0 Å². The zero-order valence-corrected chi connectivity index (χ0v) is 17.5. The lowest BCUT2D eigenvalue weighted by atomic mass is 9.65. The van der Waals surface area contributed by atoms with Crippen molar-refractivity contribution in [1.82, 2.24) is 19.5 Å². The maximum Gasteiger partial charge on any atom is 0.258 e. The number of rotatable bonds is 3. The standard InChI is InChI=1S/C20H12B4ClN5O/c1-8-26-7-12(30(8)2)9-3-4-10-6-27-20(28-11(10)5-9)29-19(31)13-14(21)15(22)16(23)17(24)18(13)25/h3-7H,1-2H3,(H,27,28,29,31). The molecule has 1 amide bonds. The summed E-state index contributed by atoms with van der Waals surface area (Å²) < 4.78 is 1.98. The van der Waals surface area contributed by atoms with Gasteiger partial charge in [-0.2, -0.15) is 0 Å². The van der Waals surface area contributed by atoms with Gasteiger partial charge in [0.1, 0.15) is 37.2 Å². The molecule has 4 aromatic rings. The molecule has 1 N–H and O–H groups in total. The molecule has 0 fully saturated rings. The fraction of sp³-hybridized carbons (Fsp3) is 0.100. The van der Waals surface area contributed by atoms with Crippen LogP contribution in [0.1, 0.15) is 16.2 Å². The summed E-state index contributed by atoms with van der Waals surface area (Å²) in [6.07, 6.45) is 3.40. The molecule has 0 saturated heterocycles. The molecule has 0 aliphatic heterocycles. The summed E-state index contributed by atoms with van der Waals surface area (Å²) in [6, 6.07) is 5.75. The number of imidazole rings is 1. The summed E-state index contributed by atoms with van der Waals surface area (Å²) >= 11 is 6.19. The number of carbonyl (C=O) groups excluding carboxylic acids is 1. The molecule has 31 heavy (non-hydrogen) atoms. The molecule has 0 bridgehead atoms.